The number of hydrogen-bond donors (Lipinski definition) is 1. The Morgan fingerprint density at radius 2 is 1.91 bits per heavy atom. The molecule has 0 spiro atoms. The number of amides is 1. The van der Waals surface area contributed by atoms with E-state index in [9.17, 15) is 13.2 Å². The van der Waals surface area contributed by atoms with E-state index in [1.54, 1.807) is 10.8 Å². The van der Waals surface area contributed by atoms with Gasteiger partial charge in [0, 0.05) is 42.9 Å². The van der Waals surface area contributed by atoms with Crippen LogP contribution in [0.15, 0.2) is 77.4 Å². The number of hydrogen-bond acceptors (Lipinski definition) is 5. The fraction of sp³-hybridized carbons (Fsp3) is 0.200. The number of sulfonamides is 1. The van der Waals surface area contributed by atoms with Crippen LogP contribution in [0.25, 0.3) is 34.2 Å². The van der Waals surface area contributed by atoms with Gasteiger partial charge in [0.05, 0.1) is 11.4 Å². The van der Waals surface area contributed by atoms with Crippen molar-refractivity contribution >= 4 is 33.0 Å². The van der Waals surface area contributed by atoms with Gasteiger partial charge in [-0.05, 0) is 36.8 Å². The third-order valence-electron chi connectivity index (χ3n) is 5.70. The van der Waals surface area contributed by atoms with Gasteiger partial charge in [0.25, 0.3) is 0 Å². The molecule has 1 amide bonds. The van der Waals surface area contributed by atoms with E-state index in [0.717, 1.165) is 22.2 Å². The predicted octanol–water partition coefficient (Wildman–Crippen LogP) is 3.45. The molecule has 1 aliphatic rings. The summed E-state index contributed by atoms with van der Waals surface area (Å²) < 4.78 is 33.0. The van der Waals surface area contributed by atoms with Gasteiger partial charge in [0.2, 0.25) is 15.9 Å². The zero-order chi connectivity index (χ0) is 23.5. The molecule has 1 aliphatic heterocycles. The topological polar surface area (TPSA) is 97.4 Å². The van der Waals surface area contributed by atoms with Gasteiger partial charge in [-0.15, -0.1) is 0 Å². The van der Waals surface area contributed by atoms with Crippen LogP contribution in [0.5, 0.6) is 0 Å². The van der Waals surface area contributed by atoms with Crippen LogP contribution in [-0.4, -0.2) is 53.8 Å². The minimum absolute atomic E-state index is 0.177. The Morgan fingerprint density at radius 1 is 1.12 bits per heavy atom. The molecule has 2 aromatic heterocycles. The third-order valence-corrected chi connectivity index (χ3v) is 7.66. The van der Waals surface area contributed by atoms with E-state index in [-0.39, 0.29) is 24.7 Å². The largest absolute Gasteiger partial charge is 0.454 e. The number of furan rings is 1. The zero-order valence-corrected chi connectivity index (χ0v) is 19.2. The number of benzene rings is 2. The summed E-state index contributed by atoms with van der Waals surface area (Å²) in [7, 11) is -3.17. The highest BCUT2D eigenvalue weighted by Gasteiger charge is 2.27. The Labute approximate surface area is 197 Å². The van der Waals surface area contributed by atoms with Crippen molar-refractivity contribution in [3.8, 4) is 17.1 Å². The molecule has 3 heterocycles. The van der Waals surface area contributed by atoms with Crippen molar-refractivity contribution in [2.45, 2.75) is 6.42 Å². The number of nitrogens with zero attached hydrogens (tertiary/aromatic N) is 3. The molecule has 34 heavy (non-hydrogen) atoms. The maximum Gasteiger partial charge on any atom is 0.244 e. The van der Waals surface area contributed by atoms with E-state index in [2.05, 4.69) is 5.32 Å². The second kappa shape index (κ2) is 9.28. The van der Waals surface area contributed by atoms with E-state index < -0.39 is 10.0 Å². The van der Waals surface area contributed by atoms with Crippen molar-refractivity contribution in [2.75, 3.05) is 25.4 Å². The summed E-state index contributed by atoms with van der Waals surface area (Å²) in [5.74, 6) is 0.478. The summed E-state index contributed by atoms with van der Waals surface area (Å²) in [6.07, 6.45) is 5.60. The van der Waals surface area contributed by atoms with E-state index in [0.29, 0.717) is 24.4 Å². The van der Waals surface area contributed by atoms with E-state index >= 15 is 0 Å². The first-order chi connectivity index (χ1) is 16.5. The Bertz CT molecular complexity index is 1420. The summed E-state index contributed by atoms with van der Waals surface area (Å²) in [6.45, 7) is 1.04. The third kappa shape index (κ3) is 4.66. The molecule has 0 radical (unpaired) electrons. The van der Waals surface area contributed by atoms with Gasteiger partial charge in [-0.1, -0.05) is 36.4 Å². The Morgan fingerprint density at radius 3 is 2.68 bits per heavy atom. The van der Waals surface area contributed by atoms with Crippen LogP contribution in [0.4, 0.5) is 0 Å². The molecule has 174 valence electrons. The molecular formula is C25H24N4O4S. The molecule has 0 unspecified atom stereocenters. The second-order valence-electron chi connectivity index (χ2n) is 8.05. The maximum atomic E-state index is 12.4. The molecule has 9 heteroatoms. The van der Waals surface area contributed by atoms with Crippen LogP contribution in [-0.2, 0) is 14.8 Å². The quantitative estimate of drug-likeness (QED) is 0.412. The van der Waals surface area contributed by atoms with Crippen LogP contribution in [0.2, 0.25) is 0 Å². The van der Waals surface area contributed by atoms with Crippen LogP contribution in [0, 0.1) is 0 Å². The summed E-state index contributed by atoms with van der Waals surface area (Å²) in [5, 5.41) is 8.44. The first-order valence-electron chi connectivity index (χ1n) is 11.1. The molecule has 8 nitrogen and oxygen atoms in total. The molecule has 0 bridgehead atoms. The minimum atomic E-state index is -3.17. The van der Waals surface area contributed by atoms with Gasteiger partial charge in [0.1, 0.15) is 11.3 Å². The standard InChI is InChI=1S/C25H24N4O4S/c30-24(26-13-15-28-14-6-16-34(28,31)32)12-11-20-18-29(21-8-2-1-3-9-21)27-25(20)23-17-19-7-4-5-10-22(19)33-23/h1-5,7-12,17-18H,6,13-16H2,(H,26,30). The molecule has 1 saturated heterocycles. The van der Waals surface area contributed by atoms with Crippen molar-refractivity contribution in [1.29, 1.82) is 0 Å². The molecule has 2 aromatic carbocycles. The average Bonchev–Trinajstić information content (AvgIpc) is 3.54. The molecule has 1 fully saturated rings. The number of aromatic nitrogens is 2. The summed E-state index contributed by atoms with van der Waals surface area (Å²) in [5.41, 5.74) is 2.99. The monoisotopic (exact) mass is 476 g/mol. The molecule has 4 aromatic rings. The lowest BCUT2D eigenvalue weighted by molar-refractivity contribution is -0.116. The molecule has 0 saturated carbocycles. The number of carbonyl (C=O) groups is 1. The van der Waals surface area contributed by atoms with E-state index in [1.807, 2.05) is 66.9 Å². The van der Waals surface area contributed by atoms with Crippen LogP contribution >= 0.6 is 0 Å². The lowest BCUT2D eigenvalue weighted by Crippen LogP contribution is -2.35. The Hall–Kier alpha value is -3.69. The normalized spacial score (nSPS) is 15.9. The van der Waals surface area contributed by atoms with Gasteiger partial charge in [0.15, 0.2) is 5.76 Å². The first kappa shape index (κ1) is 22.1. The predicted molar refractivity (Wildman–Crippen MR) is 131 cm³/mol. The van der Waals surface area contributed by atoms with Crippen LogP contribution < -0.4 is 5.32 Å². The van der Waals surface area contributed by atoms with Crippen molar-refractivity contribution in [3.63, 3.8) is 0 Å². The van der Waals surface area contributed by atoms with E-state index in [4.69, 9.17) is 9.52 Å². The highest BCUT2D eigenvalue weighted by Crippen LogP contribution is 2.30. The van der Waals surface area contributed by atoms with Gasteiger partial charge in [-0.2, -0.15) is 5.10 Å². The maximum absolute atomic E-state index is 12.4. The Balaban J connectivity index is 1.37. The van der Waals surface area contributed by atoms with Crippen LogP contribution in [0.3, 0.4) is 0 Å². The van der Waals surface area contributed by atoms with Gasteiger partial charge in [-0.25, -0.2) is 17.4 Å². The Kier molecular flexibility index (Phi) is 6.04. The molecule has 1 N–H and O–H groups in total. The van der Waals surface area contributed by atoms with Crippen molar-refractivity contribution in [2.24, 2.45) is 0 Å². The number of para-hydroxylation sites is 2. The minimum Gasteiger partial charge on any atom is -0.454 e. The van der Waals surface area contributed by atoms with Gasteiger partial charge >= 0.3 is 0 Å². The summed E-state index contributed by atoms with van der Waals surface area (Å²) in [6, 6.07) is 19.4. The van der Waals surface area contributed by atoms with Crippen molar-refractivity contribution in [3.05, 3.63) is 78.5 Å². The highest BCUT2D eigenvalue weighted by molar-refractivity contribution is 7.89. The van der Waals surface area contributed by atoms with Gasteiger partial charge < -0.3 is 9.73 Å². The smallest absolute Gasteiger partial charge is 0.244 e. The first-order valence-corrected chi connectivity index (χ1v) is 12.7. The molecule has 0 aliphatic carbocycles. The van der Waals surface area contributed by atoms with Gasteiger partial charge in [-0.3, -0.25) is 4.79 Å². The number of carbonyl (C=O) groups excluding carboxylic acids is 1. The van der Waals surface area contributed by atoms with E-state index in [1.165, 1.54) is 10.4 Å². The highest BCUT2D eigenvalue weighted by atomic mass is 32.2. The molecule has 0 atom stereocenters. The second-order valence-corrected chi connectivity index (χ2v) is 10.1. The average molecular weight is 477 g/mol. The number of rotatable bonds is 7. The zero-order valence-electron chi connectivity index (χ0n) is 18.4. The lowest BCUT2D eigenvalue weighted by atomic mass is 10.2. The molecule has 5 rings (SSSR count). The summed E-state index contributed by atoms with van der Waals surface area (Å²) in [4.78, 5) is 12.4. The van der Waals surface area contributed by atoms with Crippen LogP contribution in [0.1, 0.15) is 12.0 Å². The lowest BCUT2D eigenvalue weighted by Gasteiger charge is -2.13. The number of nitrogens with one attached hydrogen (secondary N) is 1. The van der Waals surface area contributed by atoms with Crippen molar-refractivity contribution in [1.82, 2.24) is 19.4 Å². The fourth-order valence-corrected chi connectivity index (χ4v) is 5.51. The molecular weight excluding hydrogens is 452 g/mol. The van der Waals surface area contributed by atoms with Crippen molar-refractivity contribution < 1.29 is 17.6 Å². The number of fused-ring (bicyclic) bond motifs is 1. The fourth-order valence-electron chi connectivity index (χ4n) is 3.98. The SMILES string of the molecule is O=C(C=Cc1cn(-c2ccccc2)nc1-c1cc2ccccc2o1)NCCN1CCCS1(=O)=O. The summed E-state index contributed by atoms with van der Waals surface area (Å²) >= 11 is 0.